The molecular formula is C76H46N2S. The number of aromatic nitrogens is 2. The zero-order valence-electron chi connectivity index (χ0n) is 42.9. The van der Waals surface area contributed by atoms with E-state index < -0.39 is 0 Å². The van der Waals surface area contributed by atoms with E-state index in [0.717, 1.165) is 11.4 Å². The molecule has 0 aliphatic heterocycles. The molecule has 14 aromatic carbocycles. The number of fused-ring (bicyclic) bond motifs is 13. The largest absolute Gasteiger partial charge is 0.309 e. The van der Waals surface area contributed by atoms with Crippen LogP contribution in [0.3, 0.4) is 0 Å². The summed E-state index contributed by atoms with van der Waals surface area (Å²) in [7, 11) is 0. The first-order valence-electron chi connectivity index (χ1n) is 27.3. The van der Waals surface area contributed by atoms with E-state index in [-0.39, 0.29) is 0 Å². The van der Waals surface area contributed by atoms with E-state index in [1.165, 1.54) is 151 Å². The lowest BCUT2D eigenvalue weighted by Gasteiger charge is -2.19. The molecule has 3 aromatic heterocycles. The van der Waals surface area contributed by atoms with Gasteiger partial charge in [-0.05, 0) is 154 Å². The van der Waals surface area contributed by atoms with Gasteiger partial charge in [-0.25, -0.2) is 0 Å². The Morgan fingerprint density at radius 2 is 0.557 bits per heavy atom. The third-order valence-corrected chi connectivity index (χ3v) is 18.0. The van der Waals surface area contributed by atoms with E-state index in [9.17, 15) is 0 Å². The van der Waals surface area contributed by atoms with E-state index in [1.807, 2.05) is 11.3 Å². The third-order valence-electron chi connectivity index (χ3n) is 16.9. The van der Waals surface area contributed by atoms with Gasteiger partial charge in [-0.15, -0.1) is 11.3 Å². The van der Waals surface area contributed by atoms with Crippen LogP contribution in [-0.2, 0) is 0 Å². The Morgan fingerprint density at radius 1 is 0.215 bits per heavy atom. The molecule has 0 saturated carbocycles. The van der Waals surface area contributed by atoms with E-state index in [1.54, 1.807) is 0 Å². The fraction of sp³-hybridized carbons (Fsp3) is 0. The van der Waals surface area contributed by atoms with Crippen LogP contribution in [0.2, 0.25) is 0 Å². The van der Waals surface area contributed by atoms with Crippen LogP contribution >= 0.6 is 11.3 Å². The number of hydrogen-bond acceptors (Lipinski definition) is 1. The number of benzene rings is 14. The Hall–Kier alpha value is -10.1. The second-order valence-corrected chi connectivity index (χ2v) is 22.0. The zero-order chi connectivity index (χ0) is 51.7. The molecule has 79 heavy (non-hydrogen) atoms. The summed E-state index contributed by atoms with van der Waals surface area (Å²) in [5.41, 5.74) is 17.1. The van der Waals surface area contributed by atoms with Gasteiger partial charge in [-0.1, -0.05) is 212 Å². The van der Waals surface area contributed by atoms with E-state index in [0.29, 0.717) is 0 Å². The van der Waals surface area contributed by atoms with Gasteiger partial charge in [0.05, 0.1) is 22.1 Å². The molecule has 0 atom stereocenters. The number of para-hydroxylation sites is 4. The van der Waals surface area contributed by atoms with Crippen molar-refractivity contribution in [1.29, 1.82) is 0 Å². The summed E-state index contributed by atoms with van der Waals surface area (Å²) in [6, 6.07) is 104. The monoisotopic (exact) mass is 1020 g/mol. The summed E-state index contributed by atoms with van der Waals surface area (Å²) < 4.78 is 7.42. The van der Waals surface area contributed by atoms with Crippen molar-refractivity contribution in [2.75, 3.05) is 0 Å². The smallest absolute Gasteiger partial charge is 0.0547 e. The molecule has 3 heterocycles. The van der Waals surface area contributed by atoms with Gasteiger partial charge in [-0.3, -0.25) is 0 Å². The van der Waals surface area contributed by atoms with Crippen LogP contribution in [0, 0.1) is 0 Å². The maximum Gasteiger partial charge on any atom is 0.0547 e. The second kappa shape index (κ2) is 17.2. The molecule has 0 N–H and O–H groups in total. The maximum absolute atomic E-state index is 2.50. The van der Waals surface area contributed by atoms with Crippen LogP contribution in [0.5, 0.6) is 0 Å². The first-order valence-corrected chi connectivity index (χ1v) is 28.1. The number of nitrogens with zero attached hydrogens (tertiary/aromatic N) is 2. The van der Waals surface area contributed by atoms with Crippen molar-refractivity contribution in [3.63, 3.8) is 0 Å². The summed E-state index contributed by atoms with van der Waals surface area (Å²) in [5, 5.41) is 17.6. The maximum atomic E-state index is 2.50. The van der Waals surface area contributed by atoms with Gasteiger partial charge in [0.1, 0.15) is 0 Å². The highest BCUT2D eigenvalue weighted by molar-refractivity contribution is 7.26. The summed E-state index contributed by atoms with van der Waals surface area (Å²) in [6.45, 7) is 0. The highest BCUT2D eigenvalue weighted by Crippen LogP contribution is 2.52. The second-order valence-electron chi connectivity index (χ2n) is 20.9. The molecule has 0 spiro atoms. The molecule has 17 aromatic rings. The van der Waals surface area contributed by atoms with Crippen molar-refractivity contribution in [2.24, 2.45) is 0 Å². The Labute approximate surface area is 459 Å². The van der Waals surface area contributed by atoms with Crippen molar-refractivity contribution in [3.8, 4) is 55.9 Å². The summed E-state index contributed by atoms with van der Waals surface area (Å²) in [4.78, 5) is 0. The lowest BCUT2D eigenvalue weighted by atomic mass is 9.83. The predicted octanol–water partition coefficient (Wildman–Crippen LogP) is 21.5. The van der Waals surface area contributed by atoms with E-state index >= 15 is 0 Å². The summed E-state index contributed by atoms with van der Waals surface area (Å²) >= 11 is 1.89. The summed E-state index contributed by atoms with van der Waals surface area (Å²) in [5.74, 6) is 0. The fourth-order valence-electron chi connectivity index (χ4n) is 13.8. The van der Waals surface area contributed by atoms with Gasteiger partial charge in [0.2, 0.25) is 0 Å². The minimum atomic E-state index is 1.16. The highest BCUT2D eigenvalue weighted by atomic mass is 32.1. The number of hydrogen-bond donors (Lipinski definition) is 0. The molecule has 0 bridgehead atoms. The Morgan fingerprint density at radius 3 is 0.987 bits per heavy atom. The van der Waals surface area contributed by atoms with E-state index in [2.05, 4.69) is 288 Å². The molecule has 0 fully saturated rings. The van der Waals surface area contributed by atoms with Crippen LogP contribution < -0.4 is 0 Å². The Kier molecular flexibility index (Phi) is 9.62. The molecule has 3 heteroatoms. The van der Waals surface area contributed by atoms with Gasteiger partial charge >= 0.3 is 0 Å². The van der Waals surface area contributed by atoms with Crippen LogP contribution in [0.1, 0.15) is 0 Å². The van der Waals surface area contributed by atoms with Gasteiger partial charge < -0.3 is 9.13 Å². The van der Waals surface area contributed by atoms with Gasteiger partial charge in [0, 0.05) is 53.1 Å². The van der Waals surface area contributed by atoms with Crippen LogP contribution in [0.25, 0.3) is 163 Å². The molecule has 17 rings (SSSR count). The number of thiophene rings is 1. The standard InChI is InChI=1S/C76H46N2S/c1-3-22-48(23-4-1)77-64-39-17-15-34-58(64)74-60(36-19-41-66(74)77)71-52-28-9-7-26-50(52)70(51-27-8-10-29-53(51)71)47-44-45-68-63(46-47)76-62(38-21-43-69(76)79-68)73-56-32-13-11-30-54(56)72(55-31-12-14-33-57(55)73)61-37-20-42-67-75(61)59-35-16-18-40-65(59)78(67)49-24-5-2-6-25-49/h1-46H. The lowest BCUT2D eigenvalue weighted by molar-refractivity contribution is 1.18. The normalized spacial score (nSPS) is 12.1. The molecule has 0 aliphatic rings. The molecule has 366 valence electrons. The average Bonchev–Trinajstić information content (AvgIpc) is 4.36. The summed E-state index contributed by atoms with van der Waals surface area (Å²) in [6.07, 6.45) is 0. The number of rotatable bonds is 6. The van der Waals surface area contributed by atoms with Crippen molar-refractivity contribution in [2.45, 2.75) is 0 Å². The molecular weight excluding hydrogens is 973 g/mol. The predicted molar refractivity (Wildman–Crippen MR) is 340 cm³/mol. The molecule has 0 amide bonds. The van der Waals surface area contributed by atoms with Crippen molar-refractivity contribution < 1.29 is 0 Å². The Bertz CT molecular complexity index is 5250. The minimum Gasteiger partial charge on any atom is -0.309 e. The Balaban J connectivity index is 0.904. The molecule has 0 saturated heterocycles. The first-order chi connectivity index (χ1) is 39.3. The fourth-order valence-corrected chi connectivity index (χ4v) is 14.9. The first kappa shape index (κ1) is 44.1. The quantitative estimate of drug-likeness (QED) is 0.147. The average molecular weight is 1020 g/mol. The lowest BCUT2D eigenvalue weighted by Crippen LogP contribution is -1.94. The van der Waals surface area contributed by atoms with Gasteiger partial charge in [0.25, 0.3) is 0 Å². The third kappa shape index (κ3) is 6.39. The van der Waals surface area contributed by atoms with Crippen LogP contribution in [0.15, 0.2) is 279 Å². The van der Waals surface area contributed by atoms with Crippen LogP contribution in [-0.4, -0.2) is 9.13 Å². The van der Waals surface area contributed by atoms with Gasteiger partial charge in [-0.2, -0.15) is 0 Å². The van der Waals surface area contributed by atoms with Crippen molar-refractivity contribution >= 4 is 118 Å². The minimum absolute atomic E-state index is 1.16. The zero-order valence-corrected chi connectivity index (χ0v) is 43.7. The SMILES string of the molecule is c1ccc(-n2c3ccccc3c3c(-c4c5ccccc5c(-c5ccc6sc7cccc(-c8c9ccccc9c(-c9cccc%10c9c9ccccc9n%10-c9ccccc9)c9ccccc89)c7c6c5)c5ccccc45)cccc32)cc1. The van der Waals surface area contributed by atoms with Gasteiger partial charge in [0.15, 0.2) is 0 Å². The molecule has 2 nitrogen and oxygen atoms in total. The molecule has 0 unspecified atom stereocenters. The van der Waals surface area contributed by atoms with E-state index in [4.69, 9.17) is 0 Å². The van der Waals surface area contributed by atoms with Crippen molar-refractivity contribution in [1.82, 2.24) is 9.13 Å². The van der Waals surface area contributed by atoms with Crippen molar-refractivity contribution in [3.05, 3.63) is 279 Å². The molecule has 0 radical (unpaired) electrons. The van der Waals surface area contributed by atoms with Crippen LogP contribution in [0.4, 0.5) is 0 Å². The highest BCUT2D eigenvalue weighted by Gasteiger charge is 2.25. The molecule has 0 aliphatic carbocycles. The topological polar surface area (TPSA) is 9.86 Å².